The van der Waals surface area contributed by atoms with Gasteiger partial charge < -0.3 is 24.8 Å². The summed E-state index contributed by atoms with van der Waals surface area (Å²) >= 11 is 0. The Hall–Kier alpha value is -3.31. The van der Waals surface area contributed by atoms with E-state index in [0.29, 0.717) is 25.1 Å². The zero-order chi connectivity index (χ0) is 24.5. The molecule has 0 radical (unpaired) electrons. The van der Waals surface area contributed by atoms with Crippen LogP contribution in [0.1, 0.15) is 20.8 Å². The first kappa shape index (κ1) is 23.4. The number of pyridine rings is 1. The van der Waals surface area contributed by atoms with Gasteiger partial charge in [0.05, 0.1) is 6.20 Å². The van der Waals surface area contributed by atoms with E-state index >= 15 is 0 Å². The number of hydrogen-bond donors (Lipinski definition) is 2. The SMILES string of the molecule is COCC(=O)N1CC(C)N(c2ncc3[nH]nc(-c4ccc(N5CCNC(C)C5)nc4)c3n2)C(C)C1. The third-order valence-corrected chi connectivity index (χ3v) is 6.77. The molecule has 35 heavy (non-hydrogen) atoms. The van der Waals surface area contributed by atoms with Crippen LogP contribution >= 0.6 is 0 Å². The third-order valence-electron chi connectivity index (χ3n) is 6.77. The number of aromatic nitrogens is 5. The number of H-pyrrole nitrogens is 1. The van der Waals surface area contributed by atoms with Crippen molar-refractivity contribution in [1.82, 2.24) is 35.4 Å². The first-order valence-corrected chi connectivity index (χ1v) is 12.2. The lowest BCUT2D eigenvalue weighted by Crippen LogP contribution is -2.59. The molecule has 2 aliphatic rings. The van der Waals surface area contributed by atoms with Crippen molar-refractivity contribution in [2.45, 2.75) is 38.9 Å². The van der Waals surface area contributed by atoms with E-state index < -0.39 is 0 Å². The number of amides is 1. The number of rotatable bonds is 5. The number of aromatic amines is 1. The Kier molecular flexibility index (Phi) is 6.52. The molecular formula is C24H33N9O2. The Balaban J connectivity index is 1.39. The van der Waals surface area contributed by atoms with E-state index in [2.05, 4.69) is 63.2 Å². The van der Waals surface area contributed by atoms with Crippen LogP contribution in [0, 0.1) is 0 Å². The van der Waals surface area contributed by atoms with Crippen molar-refractivity contribution in [2.24, 2.45) is 0 Å². The molecule has 5 heterocycles. The fraction of sp³-hybridized carbons (Fsp3) is 0.542. The van der Waals surface area contributed by atoms with E-state index in [9.17, 15) is 4.79 Å². The number of ether oxygens (including phenoxy) is 1. The van der Waals surface area contributed by atoms with Crippen molar-refractivity contribution in [2.75, 3.05) is 56.2 Å². The molecule has 3 aromatic rings. The average Bonchev–Trinajstić information content (AvgIpc) is 3.27. The fourth-order valence-corrected chi connectivity index (χ4v) is 5.12. The van der Waals surface area contributed by atoms with Gasteiger partial charge in [-0.15, -0.1) is 0 Å². The Bertz CT molecular complexity index is 1170. The molecule has 0 spiro atoms. The highest BCUT2D eigenvalue weighted by Crippen LogP contribution is 2.29. The van der Waals surface area contributed by atoms with Crippen LogP contribution in [0.25, 0.3) is 22.3 Å². The molecule has 5 rings (SSSR count). The van der Waals surface area contributed by atoms with Crippen LogP contribution in [0.3, 0.4) is 0 Å². The lowest BCUT2D eigenvalue weighted by atomic mass is 10.1. The second-order valence-corrected chi connectivity index (χ2v) is 9.55. The second-order valence-electron chi connectivity index (χ2n) is 9.55. The van der Waals surface area contributed by atoms with Crippen LogP contribution in [0.5, 0.6) is 0 Å². The van der Waals surface area contributed by atoms with E-state index in [0.717, 1.165) is 47.7 Å². The normalized spacial score (nSPS) is 23.2. The van der Waals surface area contributed by atoms with Crippen LogP contribution in [-0.4, -0.2) is 101 Å². The third kappa shape index (κ3) is 4.65. The van der Waals surface area contributed by atoms with Crippen molar-refractivity contribution < 1.29 is 9.53 Å². The molecule has 2 aliphatic heterocycles. The molecule has 1 amide bonds. The number of anilines is 2. The summed E-state index contributed by atoms with van der Waals surface area (Å²) in [5.41, 5.74) is 3.20. The van der Waals surface area contributed by atoms with Gasteiger partial charge in [0.2, 0.25) is 11.9 Å². The lowest BCUT2D eigenvalue weighted by Gasteiger charge is -2.44. The van der Waals surface area contributed by atoms with Crippen LogP contribution in [0.15, 0.2) is 24.5 Å². The maximum atomic E-state index is 12.3. The summed E-state index contributed by atoms with van der Waals surface area (Å²) in [6.45, 7) is 10.5. The fourth-order valence-electron chi connectivity index (χ4n) is 5.12. The van der Waals surface area contributed by atoms with Gasteiger partial charge in [0.15, 0.2) is 0 Å². The van der Waals surface area contributed by atoms with Gasteiger partial charge in [-0.3, -0.25) is 9.89 Å². The summed E-state index contributed by atoms with van der Waals surface area (Å²) in [5, 5.41) is 11.0. The molecule has 2 N–H and O–H groups in total. The summed E-state index contributed by atoms with van der Waals surface area (Å²) in [5.74, 6) is 1.62. The van der Waals surface area contributed by atoms with Gasteiger partial charge in [0.1, 0.15) is 29.2 Å². The molecule has 0 aromatic carbocycles. The van der Waals surface area contributed by atoms with Crippen LogP contribution in [-0.2, 0) is 9.53 Å². The van der Waals surface area contributed by atoms with Crippen LogP contribution in [0.2, 0.25) is 0 Å². The number of hydrogen-bond acceptors (Lipinski definition) is 9. The smallest absolute Gasteiger partial charge is 0.248 e. The zero-order valence-corrected chi connectivity index (χ0v) is 20.7. The molecule has 186 valence electrons. The van der Waals surface area contributed by atoms with Crippen molar-refractivity contribution in [1.29, 1.82) is 0 Å². The van der Waals surface area contributed by atoms with E-state index in [1.165, 1.54) is 0 Å². The van der Waals surface area contributed by atoms with Crippen LogP contribution < -0.4 is 15.1 Å². The Morgan fingerprint density at radius 2 is 1.91 bits per heavy atom. The number of methoxy groups -OCH3 is 1. The molecule has 3 unspecified atom stereocenters. The highest BCUT2D eigenvalue weighted by atomic mass is 16.5. The molecule has 11 nitrogen and oxygen atoms in total. The van der Waals surface area contributed by atoms with Crippen LogP contribution in [0.4, 0.5) is 11.8 Å². The molecule has 0 bridgehead atoms. The first-order chi connectivity index (χ1) is 16.9. The summed E-state index contributed by atoms with van der Waals surface area (Å²) in [6, 6.07) is 4.68. The summed E-state index contributed by atoms with van der Waals surface area (Å²) in [7, 11) is 1.54. The van der Waals surface area contributed by atoms with Gasteiger partial charge in [-0.1, -0.05) is 0 Å². The maximum absolute atomic E-state index is 12.3. The molecular weight excluding hydrogens is 446 g/mol. The average molecular weight is 480 g/mol. The minimum Gasteiger partial charge on any atom is -0.375 e. The van der Waals surface area contributed by atoms with Crippen molar-refractivity contribution in [3.05, 3.63) is 24.5 Å². The monoisotopic (exact) mass is 479 g/mol. The molecule has 3 atom stereocenters. The zero-order valence-electron chi connectivity index (χ0n) is 20.7. The van der Waals surface area contributed by atoms with Gasteiger partial charge in [-0.05, 0) is 32.9 Å². The Labute approximate surface area is 204 Å². The van der Waals surface area contributed by atoms with Crippen molar-refractivity contribution >= 4 is 28.7 Å². The Morgan fingerprint density at radius 1 is 1.11 bits per heavy atom. The summed E-state index contributed by atoms with van der Waals surface area (Å²) < 4.78 is 5.03. The van der Waals surface area contributed by atoms with E-state index in [-0.39, 0.29) is 24.6 Å². The summed E-state index contributed by atoms with van der Waals surface area (Å²) in [4.78, 5) is 32.9. The standard InChI is InChI=1S/C24H33N9O2/c1-15-11-31(8-7-25-15)20-6-5-18(9-26-20)22-23-19(29-30-22)10-27-24(28-23)33-16(2)12-32(13-17(33)3)21(34)14-35-4/h5-6,9-10,15-17,25H,7-8,11-14H2,1-4H3,(H,29,30). The topological polar surface area (TPSA) is 115 Å². The Morgan fingerprint density at radius 3 is 2.60 bits per heavy atom. The predicted molar refractivity (Wildman–Crippen MR) is 134 cm³/mol. The van der Waals surface area contributed by atoms with E-state index in [1.54, 1.807) is 13.3 Å². The number of piperazine rings is 2. The van der Waals surface area contributed by atoms with Gasteiger partial charge >= 0.3 is 0 Å². The lowest BCUT2D eigenvalue weighted by molar-refractivity contribution is -0.136. The molecule has 2 fully saturated rings. The molecule has 11 heteroatoms. The highest BCUT2D eigenvalue weighted by molar-refractivity contribution is 5.89. The van der Waals surface area contributed by atoms with E-state index in [1.807, 2.05) is 11.1 Å². The van der Waals surface area contributed by atoms with Gasteiger partial charge in [0.25, 0.3) is 0 Å². The first-order valence-electron chi connectivity index (χ1n) is 12.2. The minimum atomic E-state index is 0.00515. The predicted octanol–water partition coefficient (Wildman–Crippen LogP) is 1.29. The minimum absolute atomic E-state index is 0.00515. The van der Waals surface area contributed by atoms with Gasteiger partial charge in [0, 0.05) is 69.7 Å². The molecule has 3 aromatic heterocycles. The highest BCUT2D eigenvalue weighted by Gasteiger charge is 2.33. The number of carbonyl (C=O) groups excluding carboxylic acids is 1. The maximum Gasteiger partial charge on any atom is 0.248 e. The number of nitrogens with one attached hydrogen (secondary N) is 2. The second kappa shape index (κ2) is 9.74. The number of fused-ring (bicyclic) bond motifs is 1. The quantitative estimate of drug-likeness (QED) is 0.558. The molecule has 0 aliphatic carbocycles. The number of nitrogens with zero attached hydrogens (tertiary/aromatic N) is 7. The van der Waals surface area contributed by atoms with Crippen molar-refractivity contribution in [3.63, 3.8) is 0 Å². The van der Waals surface area contributed by atoms with E-state index in [4.69, 9.17) is 14.7 Å². The molecule has 0 saturated carbocycles. The summed E-state index contributed by atoms with van der Waals surface area (Å²) in [6.07, 6.45) is 3.64. The molecule has 2 saturated heterocycles. The largest absolute Gasteiger partial charge is 0.375 e. The van der Waals surface area contributed by atoms with Gasteiger partial charge in [-0.2, -0.15) is 5.10 Å². The number of carbonyl (C=O) groups is 1. The van der Waals surface area contributed by atoms with Crippen molar-refractivity contribution in [3.8, 4) is 11.3 Å². The van der Waals surface area contributed by atoms with Gasteiger partial charge in [-0.25, -0.2) is 15.0 Å².